The molecule has 1 aromatic carbocycles. The van der Waals surface area contributed by atoms with Gasteiger partial charge in [0.25, 0.3) is 0 Å². The molecule has 1 heterocycles. The lowest BCUT2D eigenvalue weighted by Gasteiger charge is -1.99. The van der Waals surface area contributed by atoms with E-state index in [1.54, 1.807) is 24.0 Å². The van der Waals surface area contributed by atoms with Crippen LogP contribution in [-0.4, -0.2) is 9.78 Å². The molecule has 4 heteroatoms. The molecule has 62 valence electrons. The molecule has 2 aromatic rings. The molecule has 0 aliphatic rings. The summed E-state index contributed by atoms with van der Waals surface area (Å²) in [4.78, 5) is 0. The van der Waals surface area contributed by atoms with Gasteiger partial charge in [-0.2, -0.15) is 5.10 Å². The summed E-state index contributed by atoms with van der Waals surface area (Å²) in [5.74, 6) is -0.397. The summed E-state index contributed by atoms with van der Waals surface area (Å²) in [6.07, 6.45) is 1.66. The van der Waals surface area contributed by atoms with Crippen LogP contribution in [0.1, 0.15) is 0 Å². The Kier molecular flexibility index (Phi) is 1.30. The molecular formula is C8H8FN3. The van der Waals surface area contributed by atoms with E-state index >= 15 is 0 Å². The van der Waals surface area contributed by atoms with Gasteiger partial charge in [0.15, 0.2) is 0 Å². The first-order valence-corrected chi connectivity index (χ1v) is 3.56. The quantitative estimate of drug-likeness (QED) is 0.598. The Hall–Kier alpha value is -1.58. The van der Waals surface area contributed by atoms with Crippen molar-refractivity contribution < 1.29 is 4.39 Å². The molecule has 0 aliphatic carbocycles. The Balaban J connectivity index is 2.96. The normalized spacial score (nSPS) is 10.8. The molecule has 0 radical (unpaired) electrons. The number of nitrogen functional groups attached to an aromatic ring is 1. The van der Waals surface area contributed by atoms with Crippen molar-refractivity contribution in [2.75, 3.05) is 5.73 Å². The number of fused-ring (bicyclic) bond motifs is 1. The number of anilines is 1. The van der Waals surface area contributed by atoms with Crippen LogP contribution in [0.15, 0.2) is 18.3 Å². The van der Waals surface area contributed by atoms with Crippen molar-refractivity contribution in [3.63, 3.8) is 0 Å². The molecule has 1 aromatic heterocycles. The fraction of sp³-hybridized carbons (Fsp3) is 0.125. The first-order valence-electron chi connectivity index (χ1n) is 3.56. The predicted octanol–water partition coefficient (Wildman–Crippen LogP) is 1.29. The average molecular weight is 165 g/mol. The molecule has 2 rings (SSSR count). The summed E-state index contributed by atoms with van der Waals surface area (Å²) in [6, 6.07) is 3.01. The van der Waals surface area contributed by atoms with Gasteiger partial charge in [0.1, 0.15) is 5.82 Å². The minimum absolute atomic E-state index is 0.160. The van der Waals surface area contributed by atoms with Crippen LogP contribution < -0.4 is 5.73 Å². The van der Waals surface area contributed by atoms with Crippen molar-refractivity contribution in [1.82, 2.24) is 9.78 Å². The van der Waals surface area contributed by atoms with Crippen LogP contribution in [0.3, 0.4) is 0 Å². The highest BCUT2D eigenvalue weighted by Gasteiger charge is 2.06. The van der Waals surface area contributed by atoms with Crippen molar-refractivity contribution >= 4 is 16.6 Å². The molecule has 0 saturated carbocycles. The maximum atomic E-state index is 12.9. The lowest BCUT2D eigenvalue weighted by molar-refractivity contribution is 0.633. The maximum absolute atomic E-state index is 12.9. The SMILES string of the molecule is Cn1ncc2ccc(F)c(N)c21. The van der Waals surface area contributed by atoms with Crippen molar-refractivity contribution in [2.24, 2.45) is 7.05 Å². The number of hydrogen-bond donors (Lipinski definition) is 1. The summed E-state index contributed by atoms with van der Waals surface area (Å²) >= 11 is 0. The van der Waals surface area contributed by atoms with E-state index < -0.39 is 5.82 Å². The number of rotatable bonds is 0. The first kappa shape index (κ1) is 7.09. The first-order chi connectivity index (χ1) is 5.70. The second kappa shape index (κ2) is 2.20. The Labute approximate surface area is 68.6 Å². The van der Waals surface area contributed by atoms with E-state index in [1.165, 1.54) is 6.07 Å². The summed E-state index contributed by atoms with van der Waals surface area (Å²) < 4.78 is 14.5. The third-order valence-corrected chi connectivity index (χ3v) is 1.89. The predicted molar refractivity (Wildman–Crippen MR) is 45.1 cm³/mol. The number of aryl methyl sites for hydroxylation is 1. The number of nitrogens with zero attached hydrogens (tertiary/aromatic N) is 2. The molecule has 0 unspecified atom stereocenters. The van der Waals surface area contributed by atoms with E-state index in [0.717, 1.165) is 5.39 Å². The van der Waals surface area contributed by atoms with E-state index in [9.17, 15) is 4.39 Å². The summed E-state index contributed by atoms with van der Waals surface area (Å²) in [5.41, 5.74) is 6.34. The van der Waals surface area contributed by atoms with Crippen LogP contribution >= 0.6 is 0 Å². The third-order valence-electron chi connectivity index (χ3n) is 1.89. The Morgan fingerprint density at radius 2 is 2.25 bits per heavy atom. The van der Waals surface area contributed by atoms with E-state index in [4.69, 9.17) is 5.73 Å². The second-order valence-corrected chi connectivity index (χ2v) is 2.67. The number of benzene rings is 1. The lowest BCUT2D eigenvalue weighted by Crippen LogP contribution is -1.97. The molecule has 0 atom stereocenters. The summed E-state index contributed by atoms with van der Waals surface area (Å²) in [7, 11) is 1.73. The number of nitrogens with two attached hydrogens (primary N) is 1. The lowest BCUT2D eigenvalue weighted by atomic mass is 10.2. The van der Waals surface area contributed by atoms with Gasteiger partial charge in [-0.25, -0.2) is 4.39 Å². The van der Waals surface area contributed by atoms with Gasteiger partial charge in [-0.1, -0.05) is 0 Å². The van der Waals surface area contributed by atoms with Crippen molar-refractivity contribution in [1.29, 1.82) is 0 Å². The topological polar surface area (TPSA) is 43.8 Å². The highest BCUT2D eigenvalue weighted by molar-refractivity contribution is 5.89. The minimum atomic E-state index is -0.397. The van der Waals surface area contributed by atoms with Gasteiger partial charge >= 0.3 is 0 Å². The molecule has 0 spiro atoms. The second-order valence-electron chi connectivity index (χ2n) is 2.67. The zero-order valence-electron chi connectivity index (χ0n) is 6.58. The van der Waals surface area contributed by atoms with E-state index in [1.807, 2.05) is 0 Å². The highest BCUT2D eigenvalue weighted by atomic mass is 19.1. The number of halogens is 1. The molecule has 3 nitrogen and oxygen atoms in total. The zero-order valence-corrected chi connectivity index (χ0v) is 6.58. The highest BCUT2D eigenvalue weighted by Crippen LogP contribution is 2.22. The van der Waals surface area contributed by atoms with Crippen LogP contribution in [0.4, 0.5) is 10.1 Å². The summed E-state index contributed by atoms with van der Waals surface area (Å²) in [5, 5.41) is 4.83. The van der Waals surface area contributed by atoms with Crippen molar-refractivity contribution in [3.8, 4) is 0 Å². The van der Waals surface area contributed by atoms with E-state index in [2.05, 4.69) is 5.10 Å². The van der Waals surface area contributed by atoms with Crippen molar-refractivity contribution in [2.45, 2.75) is 0 Å². The van der Waals surface area contributed by atoms with E-state index in [-0.39, 0.29) is 5.69 Å². The van der Waals surface area contributed by atoms with Crippen LogP contribution in [0.5, 0.6) is 0 Å². The maximum Gasteiger partial charge on any atom is 0.148 e. The van der Waals surface area contributed by atoms with Crippen LogP contribution in [-0.2, 0) is 7.05 Å². The largest absolute Gasteiger partial charge is 0.395 e. The zero-order chi connectivity index (χ0) is 8.72. The minimum Gasteiger partial charge on any atom is -0.395 e. The Morgan fingerprint density at radius 1 is 1.50 bits per heavy atom. The Morgan fingerprint density at radius 3 is 3.00 bits per heavy atom. The Bertz CT molecular complexity index is 433. The molecule has 0 fully saturated rings. The molecule has 0 bridgehead atoms. The molecule has 12 heavy (non-hydrogen) atoms. The number of aromatic nitrogens is 2. The van der Waals surface area contributed by atoms with Crippen LogP contribution in [0.2, 0.25) is 0 Å². The van der Waals surface area contributed by atoms with Gasteiger partial charge in [0.05, 0.1) is 17.4 Å². The van der Waals surface area contributed by atoms with Gasteiger partial charge in [0.2, 0.25) is 0 Å². The van der Waals surface area contributed by atoms with Gasteiger partial charge in [-0.3, -0.25) is 4.68 Å². The fourth-order valence-corrected chi connectivity index (χ4v) is 1.27. The number of hydrogen-bond acceptors (Lipinski definition) is 2. The van der Waals surface area contributed by atoms with Gasteiger partial charge in [-0.05, 0) is 12.1 Å². The van der Waals surface area contributed by atoms with Gasteiger partial charge in [-0.15, -0.1) is 0 Å². The van der Waals surface area contributed by atoms with Crippen LogP contribution in [0, 0.1) is 5.82 Å². The monoisotopic (exact) mass is 165 g/mol. The van der Waals surface area contributed by atoms with E-state index in [0.29, 0.717) is 5.52 Å². The summed E-state index contributed by atoms with van der Waals surface area (Å²) in [6.45, 7) is 0. The standard InChI is InChI=1S/C8H8FN3/c1-12-8-5(4-11-12)2-3-6(9)7(8)10/h2-4H,10H2,1H3. The molecule has 0 saturated heterocycles. The van der Waals surface area contributed by atoms with Gasteiger partial charge in [0, 0.05) is 12.4 Å². The molecule has 2 N–H and O–H groups in total. The fourth-order valence-electron chi connectivity index (χ4n) is 1.27. The molecule has 0 aliphatic heterocycles. The van der Waals surface area contributed by atoms with Crippen LogP contribution in [0.25, 0.3) is 10.9 Å². The average Bonchev–Trinajstić information content (AvgIpc) is 2.41. The van der Waals surface area contributed by atoms with Crippen molar-refractivity contribution in [3.05, 3.63) is 24.1 Å². The smallest absolute Gasteiger partial charge is 0.148 e. The third kappa shape index (κ3) is 0.777. The molecule has 0 amide bonds. The van der Waals surface area contributed by atoms with Gasteiger partial charge < -0.3 is 5.73 Å². The molecular weight excluding hydrogens is 157 g/mol.